The molecule has 0 radical (unpaired) electrons. The summed E-state index contributed by atoms with van der Waals surface area (Å²) in [6.45, 7) is 5.53. The molecular formula is C22H34N4O2. The summed E-state index contributed by atoms with van der Waals surface area (Å²) in [4.78, 5) is 18.5. The predicted octanol–water partition coefficient (Wildman–Crippen LogP) is 2.73. The number of nitrogens with zero attached hydrogens (tertiary/aromatic N) is 2. The van der Waals surface area contributed by atoms with Crippen molar-refractivity contribution < 1.29 is 9.53 Å². The Morgan fingerprint density at radius 1 is 1.11 bits per heavy atom. The van der Waals surface area contributed by atoms with Gasteiger partial charge in [0.1, 0.15) is 12.3 Å². The summed E-state index contributed by atoms with van der Waals surface area (Å²) in [5.41, 5.74) is 1.26. The largest absolute Gasteiger partial charge is 0.490 e. The smallest absolute Gasteiger partial charge is 0.244 e. The van der Waals surface area contributed by atoms with Crippen LogP contribution in [0.5, 0.6) is 5.75 Å². The molecule has 0 aromatic heterocycles. The van der Waals surface area contributed by atoms with Crippen LogP contribution in [0, 0.1) is 0 Å². The predicted molar refractivity (Wildman–Crippen MR) is 113 cm³/mol. The molecule has 2 fully saturated rings. The highest BCUT2D eigenvalue weighted by Gasteiger charge is 2.17. The first-order valence-corrected chi connectivity index (χ1v) is 10.8. The molecule has 154 valence electrons. The Morgan fingerprint density at radius 3 is 2.50 bits per heavy atom. The zero-order valence-electron chi connectivity index (χ0n) is 17.1. The van der Waals surface area contributed by atoms with Crippen LogP contribution in [0.25, 0.3) is 0 Å². The molecule has 1 aromatic carbocycles. The minimum atomic E-state index is 0.118. The molecule has 28 heavy (non-hydrogen) atoms. The van der Waals surface area contributed by atoms with Gasteiger partial charge in [-0.25, -0.2) is 4.99 Å². The number of aliphatic imine (C=N–C) groups is 1. The van der Waals surface area contributed by atoms with Crippen LogP contribution < -0.4 is 15.4 Å². The number of amides is 1. The van der Waals surface area contributed by atoms with Crippen LogP contribution in [-0.4, -0.2) is 55.6 Å². The van der Waals surface area contributed by atoms with Crippen molar-refractivity contribution in [2.45, 2.75) is 58.0 Å². The molecule has 2 aliphatic rings. The molecular weight excluding hydrogens is 352 g/mol. The highest BCUT2D eigenvalue weighted by Crippen LogP contribution is 2.24. The minimum Gasteiger partial charge on any atom is -0.490 e. The Labute approximate surface area is 168 Å². The van der Waals surface area contributed by atoms with Crippen LogP contribution in [0.1, 0.15) is 51.0 Å². The van der Waals surface area contributed by atoms with Gasteiger partial charge in [0.05, 0.1) is 6.10 Å². The number of ether oxygens (including phenoxy) is 1. The van der Waals surface area contributed by atoms with Gasteiger partial charge in [-0.05, 0) is 69.6 Å². The number of guanidine groups is 1. The maximum atomic E-state index is 12.2. The number of carbonyl (C=O) groups is 1. The SMILES string of the molecule is CCNC(=NCC(=O)N1CCCC1)NCCc1ccc(OC2CCCC2)cc1. The lowest BCUT2D eigenvalue weighted by atomic mass is 10.1. The molecule has 6 nitrogen and oxygen atoms in total. The van der Waals surface area contributed by atoms with Gasteiger partial charge in [0.25, 0.3) is 0 Å². The van der Waals surface area contributed by atoms with Gasteiger partial charge in [0, 0.05) is 26.2 Å². The van der Waals surface area contributed by atoms with E-state index < -0.39 is 0 Å². The van der Waals surface area contributed by atoms with Crippen molar-refractivity contribution >= 4 is 11.9 Å². The lowest BCUT2D eigenvalue weighted by molar-refractivity contribution is -0.128. The van der Waals surface area contributed by atoms with Crippen molar-refractivity contribution in [1.29, 1.82) is 0 Å². The average molecular weight is 387 g/mol. The maximum Gasteiger partial charge on any atom is 0.244 e. The molecule has 1 saturated carbocycles. The van der Waals surface area contributed by atoms with Gasteiger partial charge in [-0.15, -0.1) is 0 Å². The number of benzene rings is 1. The number of likely N-dealkylation sites (tertiary alicyclic amines) is 1. The monoisotopic (exact) mass is 386 g/mol. The van der Waals surface area contributed by atoms with Crippen LogP contribution in [0.3, 0.4) is 0 Å². The molecule has 1 aliphatic heterocycles. The van der Waals surface area contributed by atoms with E-state index in [1.807, 2.05) is 11.8 Å². The second-order valence-corrected chi connectivity index (χ2v) is 7.63. The standard InChI is InChI=1S/C22H34N4O2/c1-2-23-22(25-17-21(27)26-15-5-6-16-26)24-14-13-18-9-11-20(12-10-18)28-19-7-3-4-8-19/h9-12,19H,2-8,13-17H2,1H3,(H2,23,24,25). The number of hydrogen-bond donors (Lipinski definition) is 2. The van der Waals surface area contributed by atoms with Gasteiger partial charge >= 0.3 is 0 Å². The molecule has 0 spiro atoms. The molecule has 0 bridgehead atoms. The highest BCUT2D eigenvalue weighted by molar-refractivity contribution is 5.85. The van der Waals surface area contributed by atoms with Crippen molar-refractivity contribution in [1.82, 2.24) is 15.5 Å². The highest BCUT2D eigenvalue weighted by atomic mass is 16.5. The van der Waals surface area contributed by atoms with Crippen LogP contribution in [-0.2, 0) is 11.2 Å². The normalized spacial score (nSPS) is 17.8. The van der Waals surface area contributed by atoms with Gasteiger partial charge in [-0.2, -0.15) is 0 Å². The van der Waals surface area contributed by atoms with E-state index in [-0.39, 0.29) is 12.5 Å². The Balaban J connectivity index is 1.41. The number of rotatable bonds is 8. The van der Waals surface area contributed by atoms with Crippen molar-refractivity contribution in [3.05, 3.63) is 29.8 Å². The van der Waals surface area contributed by atoms with E-state index in [9.17, 15) is 4.79 Å². The van der Waals surface area contributed by atoms with Crippen molar-refractivity contribution in [2.24, 2.45) is 4.99 Å². The fraction of sp³-hybridized carbons (Fsp3) is 0.636. The molecule has 0 atom stereocenters. The average Bonchev–Trinajstić information content (AvgIpc) is 3.41. The molecule has 1 aromatic rings. The third kappa shape index (κ3) is 6.43. The Morgan fingerprint density at radius 2 is 1.82 bits per heavy atom. The molecule has 1 amide bonds. The third-order valence-corrected chi connectivity index (χ3v) is 5.41. The summed E-state index contributed by atoms with van der Waals surface area (Å²) in [6.07, 6.45) is 8.44. The van der Waals surface area contributed by atoms with E-state index in [4.69, 9.17) is 4.74 Å². The van der Waals surface area contributed by atoms with Gasteiger partial charge in [0.15, 0.2) is 5.96 Å². The van der Waals surface area contributed by atoms with E-state index in [0.717, 1.165) is 51.2 Å². The van der Waals surface area contributed by atoms with Crippen LogP contribution in [0.4, 0.5) is 0 Å². The summed E-state index contributed by atoms with van der Waals surface area (Å²) in [6, 6.07) is 8.41. The molecule has 1 heterocycles. The van der Waals surface area contributed by atoms with Crippen molar-refractivity contribution in [3.8, 4) is 5.75 Å². The second-order valence-electron chi connectivity index (χ2n) is 7.63. The zero-order chi connectivity index (χ0) is 19.6. The lowest BCUT2D eigenvalue weighted by Gasteiger charge is -2.15. The summed E-state index contributed by atoms with van der Waals surface area (Å²) in [5.74, 6) is 1.79. The molecule has 3 rings (SSSR count). The van der Waals surface area contributed by atoms with E-state index in [1.54, 1.807) is 0 Å². The van der Waals surface area contributed by atoms with E-state index in [0.29, 0.717) is 12.1 Å². The van der Waals surface area contributed by atoms with E-state index in [1.165, 1.54) is 31.2 Å². The third-order valence-electron chi connectivity index (χ3n) is 5.41. The van der Waals surface area contributed by atoms with Gasteiger partial charge in [-0.3, -0.25) is 4.79 Å². The van der Waals surface area contributed by atoms with Crippen LogP contribution >= 0.6 is 0 Å². The summed E-state index contributed by atoms with van der Waals surface area (Å²) in [7, 11) is 0. The number of nitrogens with one attached hydrogen (secondary N) is 2. The molecule has 1 saturated heterocycles. The first kappa shape index (κ1) is 20.5. The van der Waals surface area contributed by atoms with Crippen molar-refractivity contribution in [3.63, 3.8) is 0 Å². The first-order valence-electron chi connectivity index (χ1n) is 10.8. The second kappa shape index (κ2) is 10.9. The van der Waals surface area contributed by atoms with Gasteiger partial charge < -0.3 is 20.3 Å². The maximum absolute atomic E-state index is 12.2. The Hall–Kier alpha value is -2.24. The Kier molecular flexibility index (Phi) is 8.00. The molecule has 6 heteroatoms. The Bertz CT molecular complexity index is 632. The molecule has 0 unspecified atom stereocenters. The fourth-order valence-corrected chi connectivity index (χ4v) is 3.81. The van der Waals surface area contributed by atoms with Gasteiger partial charge in [0.2, 0.25) is 5.91 Å². The quantitative estimate of drug-likeness (QED) is 0.533. The van der Waals surface area contributed by atoms with Crippen LogP contribution in [0.2, 0.25) is 0 Å². The summed E-state index contributed by atoms with van der Waals surface area (Å²) >= 11 is 0. The lowest BCUT2D eigenvalue weighted by Crippen LogP contribution is -2.39. The number of carbonyl (C=O) groups excluding carboxylic acids is 1. The zero-order valence-corrected chi connectivity index (χ0v) is 17.1. The fourth-order valence-electron chi connectivity index (χ4n) is 3.81. The molecule has 2 N–H and O–H groups in total. The van der Waals surface area contributed by atoms with E-state index in [2.05, 4.69) is 39.9 Å². The van der Waals surface area contributed by atoms with Gasteiger partial charge in [-0.1, -0.05) is 12.1 Å². The molecule has 1 aliphatic carbocycles. The van der Waals surface area contributed by atoms with E-state index >= 15 is 0 Å². The van der Waals surface area contributed by atoms with Crippen LogP contribution in [0.15, 0.2) is 29.3 Å². The summed E-state index contributed by atoms with van der Waals surface area (Å²) < 4.78 is 6.02. The number of hydrogen-bond acceptors (Lipinski definition) is 3. The topological polar surface area (TPSA) is 66.0 Å². The minimum absolute atomic E-state index is 0.118. The summed E-state index contributed by atoms with van der Waals surface area (Å²) in [5, 5.41) is 6.54. The van der Waals surface area contributed by atoms with Crippen molar-refractivity contribution in [2.75, 3.05) is 32.7 Å². The first-order chi connectivity index (χ1) is 13.7.